The molecule has 0 saturated heterocycles. The first-order valence-electron chi connectivity index (χ1n) is 8.16. The van der Waals surface area contributed by atoms with E-state index >= 15 is 0 Å². The second-order valence-corrected chi connectivity index (χ2v) is 6.91. The molecule has 0 aliphatic heterocycles. The van der Waals surface area contributed by atoms with Crippen LogP contribution in [0.15, 0.2) is 41.4 Å². The minimum absolute atomic E-state index is 0.0173. The van der Waals surface area contributed by atoms with Crippen molar-refractivity contribution in [2.75, 3.05) is 5.32 Å². The summed E-state index contributed by atoms with van der Waals surface area (Å²) >= 11 is 1.64. The van der Waals surface area contributed by atoms with Crippen molar-refractivity contribution in [3.05, 3.63) is 52.7 Å². The minimum atomic E-state index is -0.0842. The number of aromatic nitrogens is 4. The molecular formula is C17H19N5OS. The van der Waals surface area contributed by atoms with E-state index in [0.29, 0.717) is 18.3 Å². The molecular weight excluding hydrogens is 322 g/mol. The van der Waals surface area contributed by atoms with E-state index in [4.69, 9.17) is 0 Å². The summed E-state index contributed by atoms with van der Waals surface area (Å²) in [5.41, 5.74) is 1.14. The fourth-order valence-electron chi connectivity index (χ4n) is 2.96. The maximum Gasteiger partial charge on any atom is 0.248 e. The summed E-state index contributed by atoms with van der Waals surface area (Å²) in [6, 6.07) is 5.98. The summed E-state index contributed by atoms with van der Waals surface area (Å²) in [5.74, 6) is 1.65. The molecule has 1 atom stereocenters. The van der Waals surface area contributed by atoms with Gasteiger partial charge in [-0.2, -0.15) is 16.3 Å². The predicted molar refractivity (Wildman–Crippen MR) is 93.1 cm³/mol. The molecule has 1 aliphatic carbocycles. The Morgan fingerprint density at radius 2 is 2.25 bits per heavy atom. The molecule has 1 fully saturated rings. The van der Waals surface area contributed by atoms with Gasteiger partial charge in [-0.1, -0.05) is 6.42 Å². The molecule has 0 bridgehead atoms. The van der Waals surface area contributed by atoms with E-state index in [0.717, 1.165) is 24.2 Å². The fourth-order valence-corrected chi connectivity index (χ4v) is 3.67. The molecule has 4 rings (SSSR count). The molecule has 1 aliphatic rings. The Labute approximate surface area is 143 Å². The number of nitrogens with zero attached hydrogens (tertiary/aromatic N) is 3. The van der Waals surface area contributed by atoms with Crippen molar-refractivity contribution >= 4 is 23.2 Å². The number of thiophene rings is 1. The Morgan fingerprint density at radius 3 is 2.92 bits per heavy atom. The standard InChI is InChI=1S/C17H19N5OS/c23-15(18-17-19-16(20-21-17)12-4-3-5-12)10-14(13-6-9-24-11-13)22-7-1-2-8-22/h1-2,6-9,11-12,14H,3-5,10H2,(H2,18,19,20,21,23)/t14-/m1/s1. The summed E-state index contributed by atoms with van der Waals surface area (Å²) in [6.07, 6.45) is 7.85. The van der Waals surface area contributed by atoms with Gasteiger partial charge < -0.3 is 4.57 Å². The van der Waals surface area contributed by atoms with Crippen molar-refractivity contribution in [2.24, 2.45) is 0 Å². The third-order valence-corrected chi connectivity index (χ3v) is 5.24. The maximum atomic E-state index is 12.5. The predicted octanol–water partition coefficient (Wildman–Crippen LogP) is 3.55. The highest BCUT2D eigenvalue weighted by molar-refractivity contribution is 7.08. The molecule has 0 spiro atoms. The van der Waals surface area contributed by atoms with Crippen molar-refractivity contribution in [3.8, 4) is 0 Å². The van der Waals surface area contributed by atoms with Crippen LogP contribution in [-0.2, 0) is 4.79 Å². The Kier molecular flexibility index (Phi) is 4.17. The first-order valence-corrected chi connectivity index (χ1v) is 9.10. The van der Waals surface area contributed by atoms with E-state index in [1.807, 2.05) is 29.9 Å². The van der Waals surface area contributed by atoms with E-state index in [1.54, 1.807) is 11.3 Å². The van der Waals surface area contributed by atoms with Crippen molar-refractivity contribution < 1.29 is 4.79 Å². The van der Waals surface area contributed by atoms with Crippen LogP contribution in [0.1, 0.15) is 49.0 Å². The highest BCUT2D eigenvalue weighted by Gasteiger charge is 2.24. The molecule has 7 heteroatoms. The average Bonchev–Trinajstić information content (AvgIpc) is 3.26. The molecule has 0 unspecified atom stereocenters. The van der Waals surface area contributed by atoms with Gasteiger partial charge >= 0.3 is 0 Å². The average molecular weight is 341 g/mol. The lowest BCUT2D eigenvalue weighted by Crippen LogP contribution is -2.20. The summed E-state index contributed by atoms with van der Waals surface area (Å²) in [6.45, 7) is 0. The van der Waals surface area contributed by atoms with Gasteiger partial charge in [-0.15, -0.1) is 5.10 Å². The minimum Gasteiger partial charge on any atom is -0.346 e. The number of carbonyl (C=O) groups is 1. The lowest BCUT2D eigenvalue weighted by Gasteiger charge is -2.22. The van der Waals surface area contributed by atoms with Crippen molar-refractivity contribution in [1.29, 1.82) is 0 Å². The van der Waals surface area contributed by atoms with Gasteiger partial charge in [0.1, 0.15) is 5.82 Å². The van der Waals surface area contributed by atoms with Gasteiger partial charge in [-0.3, -0.25) is 15.2 Å². The second-order valence-electron chi connectivity index (χ2n) is 6.13. The van der Waals surface area contributed by atoms with Gasteiger partial charge in [0.25, 0.3) is 0 Å². The molecule has 124 valence electrons. The van der Waals surface area contributed by atoms with Crippen LogP contribution >= 0.6 is 11.3 Å². The van der Waals surface area contributed by atoms with E-state index in [-0.39, 0.29) is 11.9 Å². The van der Waals surface area contributed by atoms with Gasteiger partial charge in [0, 0.05) is 18.3 Å². The van der Waals surface area contributed by atoms with E-state index in [9.17, 15) is 4.79 Å². The first-order chi connectivity index (χ1) is 11.8. The van der Waals surface area contributed by atoms with Gasteiger partial charge in [0.2, 0.25) is 11.9 Å². The quantitative estimate of drug-likeness (QED) is 0.720. The lowest BCUT2D eigenvalue weighted by atomic mass is 9.85. The summed E-state index contributed by atoms with van der Waals surface area (Å²) in [5, 5.41) is 14.0. The van der Waals surface area contributed by atoms with Crippen molar-refractivity contribution in [1.82, 2.24) is 19.7 Å². The smallest absolute Gasteiger partial charge is 0.248 e. The molecule has 0 aromatic carbocycles. The molecule has 3 aromatic heterocycles. The van der Waals surface area contributed by atoms with Crippen LogP contribution in [0.25, 0.3) is 0 Å². The topological polar surface area (TPSA) is 75.6 Å². The Bertz CT molecular complexity index is 755. The van der Waals surface area contributed by atoms with Crippen molar-refractivity contribution in [2.45, 2.75) is 37.6 Å². The van der Waals surface area contributed by atoms with Crippen LogP contribution in [-0.4, -0.2) is 25.7 Å². The Morgan fingerprint density at radius 1 is 1.42 bits per heavy atom. The number of nitrogens with one attached hydrogen (secondary N) is 2. The van der Waals surface area contributed by atoms with E-state index in [2.05, 4.69) is 36.5 Å². The van der Waals surface area contributed by atoms with Crippen molar-refractivity contribution in [3.63, 3.8) is 0 Å². The van der Waals surface area contributed by atoms with Crippen LogP contribution < -0.4 is 5.32 Å². The Hall–Kier alpha value is -2.41. The number of rotatable bonds is 6. The monoisotopic (exact) mass is 341 g/mol. The van der Waals surface area contributed by atoms with Crippen LogP contribution in [0.3, 0.4) is 0 Å². The highest BCUT2D eigenvalue weighted by Crippen LogP contribution is 2.34. The number of amides is 1. The first kappa shape index (κ1) is 15.1. The molecule has 3 heterocycles. The fraction of sp³-hybridized carbons (Fsp3) is 0.353. The number of H-pyrrole nitrogens is 1. The zero-order valence-corrected chi connectivity index (χ0v) is 14.0. The number of hydrogen-bond donors (Lipinski definition) is 2. The normalized spacial score (nSPS) is 15.8. The van der Waals surface area contributed by atoms with Crippen LogP contribution in [0.4, 0.5) is 5.95 Å². The van der Waals surface area contributed by atoms with Gasteiger partial charge in [-0.05, 0) is 47.4 Å². The SMILES string of the molecule is O=C(C[C@H](c1ccsc1)n1cccc1)Nc1n[nH]c(C2CCC2)n1. The van der Waals surface area contributed by atoms with E-state index < -0.39 is 0 Å². The zero-order valence-electron chi connectivity index (χ0n) is 13.2. The molecule has 6 nitrogen and oxygen atoms in total. The molecule has 24 heavy (non-hydrogen) atoms. The number of carbonyl (C=O) groups excluding carboxylic acids is 1. The van der Waals surface area contributed by atoms with Gasteiger partial charge in [0.05, 0.1) is 12.5 Å². The molecule has 3 aromatic rings. The van der Waals surface area contributed by atoms with Gasteiger partial charge in [0.15, 0.2) is 0 Å². The summed E-state index contributed by atoms with van der Waals surface area (Å²) in [7, 11) is 0. The van der Waals surface area contributed by atoms with Crippen LogP contribution in [0, 0.1) is 0 Å². The number of aromatic amines is 1. The molecule has 1 saturated carbocycles. The second kappa shape index (κ2) is 6.60. The molecule has 1 amide bonds. The number of anilines is 1. The summed E-state index contributed by atoms with van der Waals surface area (Å²) in [4.78, 5) is 16.9. The lowest BCUT2D eigenvalue weighted by molar-refractivity contribution is -0.116. The highest BCUT2D eigenvalue weighted by atomic mass is 32.1. The largest absolute Gasteiger partial charge is 0.346 e. The molecule has 2 N–H and O–H groups in total. The molecule has 0 radical (unpaired) electrons. The van der Waals surface area contributed by atoms with E-state index in [1.165, 1.54) is 6.42 Å². The zero-order chi connectivity index (χ0) is 16.4. The number of hydrogen-bond acceptors (Lipinski definition) is 4. The third-order valence-electron chi connectivity index (χ3n) is 4.54. The third kappa shape index (κ3) is 3.12. The van der Waals surface area contributed by atoms with Crippen LogP contribution in [0.5, 0.6) is 0 Å². The van der Waals surface area contributed by atoms with Gasteiger partial charge in [-0.25, -0.2) is 0 Å². The maximum absolute atomic E-state index is 12.5. The summed E-state index contributed by atoms with van der Waals surface area (Å²) < 4.78 is 2.05. The Balaban J connectivity index is 1.44. The van der Waals surface area contributed by atoms with Crippen LogP contribution in [0.2, 0.25) is 0 Å².